The van der Waals surface area contributed by atoms with Crippen LogP contribution < -0.4 is 16.0 Å². The van der Waals surface area contributed by atoms with E-state index in [2.05, 4.69) is 16.0 Å². The van der Waals surface area contributed by atoms with E-state index < -0.39 is 10.8 Å². The van der Waals surface area contributed by atoms with E-state index in [1.165, 1.54) is 0 Å². The van der Waals surface area contributed by atoms with E-state index in [0.29, 0.717) is 18.7 Å². The fourth-order valence-electron chi connectivity index (χ4n) is 1.72. The van der Waals surface area contributed by atoms with Gasteiger partial charge in [-0.3, -0.25) is 14.9 Å². The summed E-state index contributed by atoms with van der Waals surface area (Å²) in [5.41, 5.74) is 0.0525. The summed E-state index contributed by atoms with van der Waals surface area (Å²) in [5, 5.41) is 19.1. The minimum Gasteiger partial charge on any atom is -0.364 e. The van der Waals surface area contributed by atoms with Crippen molar-refractivity contribution in [2.24, 2.45) is 0 Å². The SMILES string of the molecule is O=C(NC(=S)C(=C1NCCN1)[N+](=O)[O-])c1ccccc1. The third-order valence-corrected chi connectivity index (χ3v) is 2.92. The molecule has 8 heteroatoms. The van der Waals surface area contributed by atoms with Crippen LogP contribution in [0.4, 0.5) is 0 Å². The first-order valence-electron chi connectivity index (χ1n) is 5.86. The van der Waals surface area contributed by atoms with Gasteiger partial charge in [0.05, 0.1) is 4.92 Å². The molecule has 7 nitrogen and oxygen atoms in total. The van der Waals surface area contributed by atoms with Crippen molar-refractivity contribution in [1.29, 1.82) is 0 Å². The Bertz CT molecular complexity index is 578. The monoisotopic (exact) mass is 292 g/mol. The van der Waals surface area contributed by atoms with Crippen LogP contribution in [0, 0.1) is 10.1 Å². The molecule has 104 valence electrons. The van der Waals surface area contributed by atoms with Crippen molar-refractivity contribution in [3.8, 4) is 0 Å². The van der Waals surface area contributed by atoms with Crippen LogP contribution in [0.15, 0.2) is 41.8 Å². The topological polar surface area (TPSA) is 96.3 Å². The number of nitrogens with zero attached hydrogens (tertiary/aromatic N) is 1. The smallest absolute Gasteiger partial charge is 0.343 e. The molecule has 0 bridgehead atoms. The van der Waals surface area contributed by atoms with E-state index in [0.717, 1.165) is 0 Å². The van der Waals surface area contributed by atoms with Crippen LogP contribution in [0.2, 0.25) is 0 Å². The average Bonchev–Trinajstić information content (AvgIpc) is 2.93. The van der Waals surface area contributed by atoms with E-state index >= 15 is 0 Å². The van der Waals surface area contributed by atoms with Gasteiger partial charge in [0.1, 0.15) is 0 Å². The van der Waals surface area contributed by atoms with Crippen molar-refractivity contribution in [2.75, 3.05) is 13.1 Å². The van der Waals surface area contributed by atoms with E-state index in [-0.39, 0.29) is 16.5 Å². The Morgan fingerprint density at radius 3 is 2.40 bits per heavy atom. The number of nitrogens with one attached hydrogen (secondary N) is 3. The number of hydrogen-bond donors (Lipinski definition) is 3. The molecule has 1 aliphatic heterocycles. The van der Waals surface area contributed by atoms with Crippen molar-refractivity contribution in [2.45, 2.75) is 0 Å². The molecule has 0 unspecified atom stereocenters. The molecule has 1 saturated heterocycles. The van der Waals surface area contributed by atoms with Gasteiger partial charge >= 0.3 is 5.70 Å². The molecule has 3 N–H and O–H groups in total. The lowest BCUT2D eigenvalue weighted by Crippen LogP contribution is -2.35. The third kappa shape index (κ3) is 3.09. The van der Waals surface area contributed by atoms with Crippen LogP contribution in [0.25, 0.3) is 0 Å². The summed E-state index contributed by atoms with van der Waals surface area (Å²) >= 11 is 4.95. The molecule has 1 fully saturated rings. The molecule has 20 heavy (non-hydrogen) atoms. The Hall–Kier alpha value is -2.48. The van der Waals surface area contributed by atoms with Gasteiger partial charge in [-0.25, -0.2) is 0 Å². The lowest BCUT2D eigenvalue weighted by atomic mass is 10.2. The zero-order chi connectivity index (χ0) is 14.5. The number of amides is 1. The number of thiocarbonyl (C=S) groups is 1. The van der Waals surface area contributed by atoms with Gasteiger partial charge in [-0.05, 0) is 12.1 Å². The number of rotatable bonds is 3. The molecule has 2 rings (SSSR count). The predicted molar refractivity (Wildman–Crippen MR) is 76.5 cm³/mol. The average molecular weight is 292 g/mol. The second-order valence-corrected chi connectivity index (χ2v) is 4.39. The summed E-state index contributed by atoms with van der Waals surface area (Å²) in [7, 11) is 0. The number of hydrogen-bond acceptors (Lipinski definition) is 6. The standard InChI is InChI=1S/C12H12N4O3S/c17-11(8-4-2-1-3-5-8)15-12(20)9(16(18)19)10-13-6-7-14-10/h1-5,13-14H,6-7H2,(H,15,17,20). The molecule has 0 atom stereocenters. The van der Waals surface area contributed by atoms with Gasteiger partial charge in [0.15, 0.2) is 10.8 Å². The maximum atomic E-state index is 11.9. The Morgan fingerprint density at radius 2 is 1.85 bits per heavy atom. The minimum absolute atomic E-state index is 0.222. The normalized spacial score (nSPS) is 13.1. The first-order valence-corrected chi connectivity index (χ1v) is 6.27. The van der Waals surface area contributed by atoms with Crippen molar-refractivity contribution in [3.05, 3.63) is 57.5 Å². The molecule has 1 aromatic carbocycles. The Kier molecular flexibility index (Phi) is 4.26. The maximum absolute atomic E-state index is 11.9. The van der Waals surface area contributed by atoms with Crippen LogP contribution in [-0.4, -0.2) is 28.9 Å². The molecule has 1 amide bonds. The number of carbonyl (C=O) groups excluding carboxylic acids is 1. The molecule has 0 aliphatic carbocycles. The quantitative estimate of drug-likeness (QED) is 0.323. The van der Waals surface area contributed by atoms with Crippen molar-refractivity contribution in [1.82, 2.24) is 16.0 Å². The van der Waals surface area contributed by atoms with E-state index in [1.54, 1.807) is 30.3 Å². The largest absolute Gasteiger partial charge is 0.364 e. The molecular formula is C12H12N4O3S. The second kappa shape index (κ2) is 6.11. The molecule has 0 spiro atoms. The lowest BCUT2D eigenvalue weighted by Gasteiger charge is -2.07. The first kappa shape index (κ1) is 13.9. The van der Waals surface area contributed by atoms with Crippen LogP contribution in [-0.2, 0) is 0 Å². The summed E-state index contributed by atoms with van der Waals surface area (Å²) in [5.74, 6) is -0.248. The summed E-state index contributed by atoms with van der Waals surface area (Å²) in [6.07, 6.45) is 0. The third-order valence-electron chi connectivity index (χ3n) is 2.63. The van der Waals surface area contributed by atoms with E-state index in [1.807, 2.05) is 0 Å². The van der Waals surface area contributed by atoms with Gasteiger partial charge in [-0.2, -0.15) is 0 Å². The Labute approximate surface area is 120 Å². The van der Waals surface area contributed by atoms with Crippen molar-refractivity contribution >= 4 is 23.1 Å². The van der Waals surface area contributed by atoms with Gasteiger partial charge in [-0.1, -0.05) is 30.4 Å². The van der Waals surface area contributed by atoms with Crippen molar-refractivity contribution < 1.29 is 9.72 Å². The highest BCUT2D eigenvalue weighted by Gasteiger charge is 2.27. The molecular weight excluding hydrogens is 280 g/mol. The van der Waals surface area contributed by atoms with Crippen LogP contribution in [0.1, 0.15) is 10.4 Å². The highest BCUT2D eigenvalue weighted by Crippen LogP contribution is 2.06. The Balaban J connectivity index is 2.16. The van der Waals surface area contributed by atoms with Gasteiger partial charge in [0.25, 0.3) is 5.91 Å². The zero-order valence-electron chi connectivity index (χ0n) is 10.4. The summed E-state index contributed by atoms with van der Waals surface area (Å²) in [4.78, 5) is 22.1. The fraction of sp³-hybridized carbons (Fsp3) is 0.167. The summed E-state index contributed by atoms with van der Waals surface area (Å²) in [6.45, 7) is 1.14. The van der Waals surface area contributed by atoms with Crippen LogP contribution in [0.3, 0.4) is 0 Å². The number of benzene rings is 1. The highest BCUT2D eigenvalue weighted by molar-refractivity contribution is 7.80. The van der Waals surface area contributed by atoms with Crippen molar-refractivity contribution in [3.63, 3.8) is 0 Å². The van der Waals surface area contributed by atoms with Gasteiger partial charge in [0, 0.05) is 18.7 Å². The van der Waals surface area contributed by atoms with E-state index in [4.69, 9.17) is 12.2 Å². The number of nitro groups is 1. The number of carbonyl (C=O) groups is 1. The Morgan fingerprint density at radius 1 is 1.25 bits per heavy atom. The van der Waals surface area contributed by atoms with Gasteiger partial charge < -0.3 is 16.0 Å². The first-order chi connectivity index (χ1) is 9.59. The predicted octanol–water partition coefficient (Wildman–Crippen LogP) is 0.382. The molecule has 1 aliphatic rings. The zero-order valence-corrected chi connectivity index (χ0v) is 11.2. The molecule has 0 aromatic heterocycles. The minimum atomic E-state index is -0.617. The summed E-state index contributed by atoms with van der Waals surface area (Å²) in [6, 6.07) is 8.37. The lowest BCUT2D eigenvalue weighted by molar-refractivity contribution is -0.416. The maximum Gasteiger partial charge on any atom is 0.343 e. The fourth-order valence-corrected chi connectivity index (χ4v) is 1.99. The van der Waals surface area contributed by atoms with Gasteiger partial charge in [0.2, 0.25) is 0 Å². The molecule has 1 heterocycles. The molecule has 1 aromatic rings. The second-order valence-electron chi connectivity index (χ2n) is 3.98. The van der Waals surface area contributed by atoms with Crippen LogP contribution >= 0.6 is 12.2 Å². The molecule has 0 saturated carbocycles. The summed E-state index contributed by atoms with van der Waals surface area (Å²) < 4.78 is 0. The van der Waals surface area contributed by atoms with E-state index in [9.17, 15) is 14.9 Å². The molecule has 0 radical (unpaired) electrons. The van der Waals surface area contributed by atoms with Gasteiger partial charge in [-0.15, -0.1) is 0 Å². The highest BCUT2D eigenvalue weighted by atomic mass is 32.1. The van der Waals surface area contributed by atoms with Crippen LogP contribution in [0.5, 0.6) is 0 Å².